The van der Waals surface area contributed by atoms with Crippen LogP contribution in [0.4, 0.5) is 0 Å². The monoisotopic (exact) mass is 436 g/mol. The van der Waals surface area contributed by atoms with E-state index < -0.39 is 22.4 Å². The number of rotatable bonds is 6. The van der Waals surface area contributed by atoms with E-state index in [9.17, 15) is 18.4 Å². The molecule has 1 amide bonds. The quantitative estimate of drug-likeness (QED) is 0.277. The Kier molecular flexibility index (Phi) is 7.15. The number of nitrogens with zero attached hydrogens (tertiary/aromatic N) is 1. The molecule has 0 bridgehead atoms. The maximum Gasteiger partial charge on any atom is 0.275 e. The molecule has 3 N–H and O–H groups in total. The molecular formula is C20H21ClN2O5S. The zero-order chi connectivity index (χ0) is 21.0. The minimum atomic E-state index is -2.28. The Balaban J connectivity index is 1.76. The highest BCUT2D eigenvalue weighted by Crippen LogP contribution is 2.32. The first-order chi connectivity index (χ1) is 13.9. The average molecular weight is 437 g/mol. The summed E-state index contributed by atoms with van der Waals surface area (Å²) in [6.45, 7) is 0.853. The van der Waals surface area contributed by atoms with Crippen molar-refractivity contribution in [1.29, 1.82) is 0 Å². The molecule has 29 heavy (non-hydrogen) atoms. The first-order valence-corrected chi connectivity index (χ1v) is 10.6. The van der Waals surface area contributed by atoms with Crippen molar-refractivity contribution in [1.82, 2.24) is 10.4 Å². The second-order valence-corrected chi connectivity index (χ2v) is 8.27. The smallest absolute Gasteiger partial charge is 0.275 e. The van der Waals surface area contributed by atoms with E-state index in [1.807, 2.05) is 0 Å². The zero-order valence-electron chi connectivity index (χ0n) is 15.5. The fourth-order valence-electron chi connectivity index (χ4n) is 3.66. The van der Waals surface area contributed by atoms with Gasteiger partial charge in [-0.1, -0.05) is 29.8 Å². The molecular weight excluding hydrogens is 416 g/mol. The summed E-state index contributed by atoms with van der Waals surface area (Å²) < 4.78 is 22.1. The van der Waals surface area contributed by atoms with E-state index in [-0.39, 0.29) is 17.3 Å². The minimum Gasteiger partial charge on any atom is -0.305 e. The molecule has 2 unspecified atom stereocenters. The largest absolute Gasteiger partial charge is 0.305 e. The number of carbonyl (C=O) groups excluding carboxylic acids is 2. The highest BCUT2D eigenvalue weighted by atomic mass is 35.5. The molecule has 0 aromatic heterocycles. The predicted octanol–water partition coefficient (Wildman–Crippen LogP) is 3.27. The number of Topliss-reactive ketones (excluding diaryl/α,β-unsaturated/α-hetero) is 1. The third kappa shape index (κ3) is 4.91. The van der Waals surface area contributed by atoms with Crippen molar-refractivity contribution in [2.75, 3.05) is 13.1 Å². The maximum atomic E-state index is 12.7. The van der Waals surface area contributed by atoms with Gasteiger partial charge >= 0.3 is 0 Å². The number of amides is 1. The Morgan fingerprint density at radius 1 is 1.10 bits per heavy atom. The second-order valence-electron chi connectivity index (χ2n) is 6.84. The molecule has 1 aliphatic heterocycles. The fraction of sp³-hybridized carbons (Fsp3) is 0.300. The summed E-state index contributed by atoms with van der Waals surface area (Å²) in [6.07, 6.45) is 1.06. The summed E-state index contributed by atoms with van der Waals surface area (Å²) in [5.41, 5.74) is 2.64. The highest BCUT2D eigenvalue weighted by molar-refractivity contribution is 7.79. The SMILES string of the molecule is O=C(NO)c1ccccc1C(N1CCC(C(=O)c2ccc(Cl)cc2)CC1)S(=O)O. The van der Waals surface area contributed by atoms with Crippen LogP contribution >= 0.6 is 11.6 Å². The van der Waals surface area contributed by atoms with E-state index in [2.05, 4.69) is 0 Å². The van der Waals surface area contributed by atoms with Crippen LogP contribution in [0.15, 0.2) is 48.5 Å². The lowest BCUT2D eigenvalue weighted by molar-refractivity contribution is 0.0703. The van der Waals surface area contributed by atoms with Crippen molar-refractivity contribution in [2.24, 2.45) is 5.92 Å². The van der Waals surface area contributed by atoms with Crippen molar-refractivity contribution in [2.45, 2.75) is 18.2 Å². The molecule has 1 heterocycles. The second kappa shape index (κ2) is 9.60. The van der Waals surface area contributed by atoms with Crippen LogP contribution in [-0.2, 0) is 11.1 Å². The summed E-state index contributed by atoms with van der Waals surface area (Å²) in [7, 11) is 0. The van der Waals surface area contributed by atoms with Crippen LogP contribution in [0, 0.1) is 5.92 Å². The van der Waals surface area contributed by atoms with E-state index >= 15 is 0 Å². The van der Waals surface area contributed by atoms with Gasteiger partial charge in [-0.25, -0.2) is 9.69 Å². The molecule has 1 aliphatic rings. The number of nitrogens with one attached hydrogen (secondary N) is 1. The molecule has 2 aromatic carbocycles. The van der Waals surface area contributed by atoms with E-state index in [4.69, 9.17) is 16.8 Å². The lowest BCUT2D eigenvalue weighted by Gasteiger charge is -2.36. The molecule has 0 spiro atoms. The van der Waals surface area contributed by atoms with E-state index in [0.29, 0.717) is 42.1 Å². The number of hydroxylamine groups is 1. The van der Waals surface area contributed by atoms with Gasteiger partial charge < -0.3 is 4.55 Å². The number of hydrogen-bond acceptors (Lipinski definition) is 5. The number of ketones is 1. The van der Waals surface area contributed by atoms with Gasteiger partial charge in [0.05, 0.1) is 0 Å². The molecule has 0 saturated carbocycles. The van der Waals surface area contributed by atoms with Crippen LogP contribution in [0.5, 0.6) is 0 Å². The molecule has 0 radical (unpaired) electrons. The summed E-state index contributed by atoms with van der Waals surface area (Å²) >= 11 is 3.60. The lowest BCUT2D eigenvalue weighted by atomic mass is 9.88. The molecule has 2 atom stereocenters. The Bertz CT molecular complexity index is 913. The van der Waals surface area contributed by atoms with Crippen molar-refractivity contribution < 1.29 is 23.6 Å². The van der Waals surface area contributed by atoms with E-state index in [0.717, 1.165) is 0 Å². The number of carbonyl (C=O) groups is 2. The number of hydrogen-bond donors (Lipinski definition) is 3. The van der Waals surface area contributed by atoms with Crippen molar-refractivity contribution in [3.63, 3.8) is 0 Å². The Labute approximate surface area is 175 Å². The van der Waals surface area contributed by atoms with Crippen LogP contribution in [0.1, 0.15) is 44.5 Å². The molecule has 154 valence electrons. The summed E-state index contributed by atoms with van der Waals surface area (Å²) in [6, 6.07) is 13.1. The van der Waals surface area contributed by atoms with Gasteiger partial charge in [-0.2, -0.15) is 0 Å². The summed E-state index contributed by atoms with van der Waals surface area (Å²) in [4.78, 5) is 26.5. The van der Waals surface area contributed by atoms with E-state index in [1.54, 1.807) is 52.8 Å². The highest BCUT2D eigenvalue weighted by Gasteiger charge is 2.34. The molecule has 1 saturated heterocycles. The van der Waals surface area contributed by atoms with Crippen molar-refractivity contribution in [3.8, 4) is 0 Å². The standard InChI is InChI=1S/C20H21ClN2O5S/c21-15-7-5-13(6-8-15)18(24)14-9-11-23(12-10-14)20(29(27)28)17-4-2-1-3-16(17)19(25)22-26/h1-8,14,20,26H,9-12H2,(H,22,25)(H,27,28). The number of benzene rings is 2. The predicted molar refractivity (Wildman–Crippen MR) is 109 cm³/mol. The number of likely N-dealkylation sites (tertiary alicyclic amines) is 1. The Morgan fingerprint density at radius 2 is 1.72 bits per heavy atom. The molecule has 3 rings (SSSR count). The van der Waals surface area contributed by atoms with E-state index in [1.165, 1.54) is 6.07 Å². The van der Waals surface area contributed by atoms with Gasteiger partial charge in [-0.15, -0.1) is 0 Å². The van der Waals surface area contributed by atoms with Crippen LogP contribution < -0.4 is 5.48 Å². The first kappa shape index (κ1) is 21.6. The van der Waals surface area contributed by atoms with Crippen LogP contribution in [0.3, 0.4) is 0 Å². The van der Waals surface area contributed by atoms with Gasteiger partial charge in [0.2, 0.25) is 0 Å². The fourth-order valence-corrected chi connectivity index (χ4v) is 4.67. The summed E-state index contributed by atoms with van der Waals surface area (Å²) in [5.74, 6) is -0.900. The van der Waals surface area contributed by atoms with Gasteiger partial charge in [0, 0.05) is 35.2 Å². The number of halogens is 1. The minimum absolute atomic E-state index is 0.0306. The maximum absolute atomic E-state index is 12.7. The topological polar surface area (TPSA) is 107 Å². The van der Waals surface area contributed by atoms with Crippen molar-refractivity contribution >= 4 is 34.4 Å². The third-order valence-corrected chi connectivity index (χ3v) is 6.31. The first-order valence-electron chi connectivity index (χ1n) is 9.09. The van der Waals surface area contributed by atoms with Crippen LogP contribution in [-0.4, -0.2) is 43.6 Å². The van der Waals surface area contributed by atoms with Gasteiger partial charge in [0.25, 0.3) is 5.91 Å². The molecule has 0 aliphatic carbocycles. The van der Waals surface area contributed by atoms with Gasteiger partial charge in [0.15, 0.2) is 16.9 Å². The van der Waals surface area contributed by atoms with Crippen LogP contribution in [0.2, 0.25) is 5.02 Å². The molecule has 9 heteroatoms. The molecule has 1 fully saturated rings. The van der Waals surface area contributed by atoms with Gasteiger partial charge in [-0.3, -0.25) is 19.7 Å². The average Bonchev–Trinajstić information content (AvgIpc) is 2.74. The Morgan fingerprint density at radius 3 is 2.31 bits per heavy atom. The zero-order valence-corrected chi connectivity index (χ0v) is 17.0. The number of piperidine rings is 1. The van der Waals surface area contributed by atoms with Crippen molar-refractivity contribution in [3.05, 3.63) is 70.2 Å². The molecule has 7 nitrogen and oxygen atoms in total. The van der Waals surface area contributed by atoms with Gasteiger partial charge in [0.1, 0.15) is 5.37 Å². The normalized spacial score (nSPS) is 17.5. The van der Waals surface area contributed by atoms with Crippen LogP contribution in [0.25, 0.3) is 0 Å². The van der Waals surface area contributed by atoms with Gasteiger partial charge in [-0.05, 0) is 48.7 Å². The Hall–Kier alpha value is -2.10. The summed E-state index contributed by atoms with van der Waals surface area (Å²) in [5, 5.41) is 8.60. The molecule has 2 aromatic rings. The lowest BCUT2D eigenvalue weighted by Crippen LogP contribution is -2.41. The third-order valence-electron chi connectivity index (χ3n) is 5.12.